The highest BCUT2D eigenvalue weighted by Gasteiger charge is 2.33. The quantitative estimate of drug-likeness (QED) is 0.788. The number of nitrogens with one attached hydrogen (secondary N) is 2. The number of rotatable bonds is 5. The van der Waals surface area contributed by atoms with E-state index >= 15 is 0 Å². The topological polar surface area (TPSA) is 61.4 Å². The van der Waals surface area contributed by atoms with Crippen molar-refractivity contribution in [3.8, 4) is 0 Å². The van der Waals surface area contributed by atoms with E-state index in [-0.39, 0.29) is 29.8 Å². The van der Waals surface area contributed by atoms with E-state index in [4.69, 9.17) is 0 Å². The Labute approximate surface area is 125 Å². The first kappa shape index (κ1) is 15.6. The summed E-state index contributed by atoms with van der Waals surface area (Å²) in [6.07, 6.45) is 2.78. The average molecular weight is 299 g/mol. The fraction of sp³-hybridized carbons (Fsp3) is 0.857. The summed E-state index contributed by atoms with van der Waals surface area (Å²) in [5, 5.41) is 6.17. The van der Waals surface area contributed by atoms with Gasteiger partial charge in [-0.1, -0.05) is 20.3 Å². The Balaban J connectivity index is 1.98. The van der Waals surface area contributed by atoms with Crippen molar-refractivity contribution in [1.82, 2.24) is 15.5 Å². The molecule has 6 heteroatoms. The van der Waals surface area contributed by atoms with Crippen molar-refractivity contribution >= 4 is 23.6 Å². The maximum atomic E-state index is 12.6. The average Bonchev–Trinajstić information content (AvgIpc) is 3.15. The predicted octanol–water partition coefficient (Wildman–Crippen LogP) is 0.802. The molecule has 0 aromatic heterocycles. The first-order valence-electron chi connectivity index (χ1n) is 7.53. The molecule has 2 amide bonds. The SMILES string of the molecule is CC[C@H](C)[C@H](NC(=O)[C@@H]1CCCN1)C(=O)N1CCSC1. The van der Waals surface area contributed by atoms with Gasteiger partial charge < -0.3 is 15.5 Å². The maximum Gasteiger partial charge on any atom is 0.246 e. The zero-order valence-electron chi connectivity index (χ0n) is 12.4. The van der Waals surface area contributed by atoms with Gasteiger partial charge in [0.15, 0.2) is 0 Å². The van der Waals surface area contributed by atoms with Crippen molar-refractivity contribution < 1.29 is 9.59 Å². The van der Waals surface area contributed by atoms with Gasteiger partial charge >= 0.3 is 0 Å². The molecule has 0 spiro atoms. The van der Waals surface area contributed by atoms with Crippen LogP contribution in [0.1, 0.15) is 33.1 Å². The summed E-state index contributed by atoms with van der Waals surface area (Å²) in [4.78, 5) is 26.7. The zero-order valence-corrected chi connectivity index (χ0v) is 13.2. The summed E-state index contributed by atoms with van der Waals surface area (Å²) >= 11 is 1.77. The van der Waals surface area contributed by atoms with Crippen LogP contribution in [-0.2, 0) is 9.59 Å². The third-order valence-corrected chi connectivity index (χ3v) is 5.18. The second-order valence-electron chi connectivity index (χ2n) is 5.66. The molecule has 0 aromatic carbocycles. The molecule has 0 aliphatic carbocycles. The molecular weight excluding hydrogens is 274 g/mol. The Morgan fingerprint density at radius 1 is 1.50 bits per heavy atom. The lowest BCUT2D eigenvalue weighted by atomic mass is 9.97. The summed E-state index contributed by atoms with van der Waals surface area (Å²) in [7, 11) is 0. The van der Waals surface area contributed by atoms with Gasteiger partial charge in [-0.15, -0.1) is 11.8 Å². The highest BCUT2D eigenvalue weighted by Crippen LogP contribution is 2.18. The molecule has 2 rings (SSSR count). The molecule has 5 nitrogen and oxygen atoms in total. The number of hydrogen-bond acceptors (Lipinski definition) is 4. The smallest absolute Gasteiger partial charge is 0.246 e. The molecule has 2 heterocycles. The summed E-state index contributed by atoms with van der Waals surface area (Å²) in [5.41, 5.74) is 0. The first-order valence-corrected chi connectivity index (χ1v) is 8.69. The minimum Gasteiger partial charge on any atom is -0.343 e. The van der Waals surface area contributed by atoms with Crippen LogP contribution in [0.5, 0.6) is 0 Å². The minimum atomic E-state index is -0.381. The van der Waals surface area contributed by atoms with E-state index in [1.165, 1.54) is 0 Å². The summed E-state index contributed by atoms with van der Waals surface area (Å²) < 4.78 is 0. The van der Waals surface area contributed by atoms with Crippen molar-refractivity contribution in [2.45, 2.75) is 45.2 Å². The molecule has 3 atom stereocenters. The molecule has 0 bridgehead atoms. The Hall–Kier alpha value is -0.750. The van der Waals surface area contributed by atoms with Gasteiger partial charge in [0.25, 0.3) is 0 Å². The van der Waals surface area contributed by atoms with E-state index in [2.05, 4.69) is 17.6 Å². The van der Waals surface area contributed by atoms with E-state index in [0.717, 1.165) is 44.0 Å². The van der Waals surface area contributed by atoms with E-state index in [0.29, 0.717) is 0 Å². The van der Waals surface area contributed by atoms with Crippen LogP contribution in [-0.4, -0.2) is 53.5 Å². The lowest BCUT2D eigenvalue weighted by molar-refractivity contribution is -0.137. The van der Waals surface area contributed by atoms with Gasteiger partial charge in [-0.25, -0.2) is 0 Å². The highest BCUT2D eigenvalue weighted by molar-refractivity contribution is 7.99. The lowest BCUT2D eigenvalue weighted by Gasteiger charge is -2.28. The third kappa shape index (κ3) is 3.67. The molecular formula is C14H25N3O2S. The van der Waals surface area contributed by atoms with Crippen molar-refractivity contribution in [3.63, 3.8) is 0 Å². The summed E-state index contributed by atoms with van der Waals surface area (Å²) in [6, 6.07) is -0.504. The van der Waals surface area contributed by atoms with Crippen molar-refractivity contribution in [2.24, 2.45) is 5.92 Å². The van der Waals surface area contributed by atoms with Crippen LogP contribution < -0.4 is 10.6 Å². The second kappa shape index (κ2) is 7.31. The molecule has 2 aliphatic rings. The Morgan fingerprint density at radius 3 is 2.85 bits per heavy atom. The molecule has 2 N–H and O–H groups in total. The monoisotopic (exact) mass is 299 g/mol. The number of thioether (sulfide) groups is 1. The standard InChI is InChI=1S/C14H25N3O2S/c1-3-10(2)12(14(19)17-7-8-20-9-17)16-13(18)11-5-4-6-15-11/h10-12,15H,3-9H2,1-2H3,(H,16,18)/t10-,11-,12-/m0/s1. The molecule has 114 valence electrons. The number of hydrogen-bond donors (Lipinski definition) is 2. The van der Waals surface area contributed by atoms with Gasteiger partial charge in [0.1, 0.15) is 6.04 Å². The number of nitrogens with zero attached hydrogens (tertiary/aromatic N) is 1. The fourth-order valence-electron chi connectivity index (χ4n) is 2.63. The van der Waals surface area contributed by atoms with E-state index < -0.39 is 0 Å². The lowest BCUT2D eigenvalue weighted by Crippen LogP contribution is -2.54. The van der Waals surface area contributed by atoms with Crippen molar-refractivity contribution in [2.75, 3.05) is 24.7 Å². The molecule has 0 radical (unpaired) electrons. The maximum absolute atomic E-state index is 12.6. The van der Waals surface area contributed by atoms with Crippen LogP contribution >= 0.6 is 11.8 Å². The number of amides is 2. The van der Waals surface area contributed by atoms with Crippen LogP contribution in [0.25, 0.3) is 0 Å². The van der Waals surface area contributed by atoms with Gasteiger partial charge in [0.2, 0.25) is 11.8 Å². The van der Waals surface area contributed by atoms with Crippen molar-refractivity contribution in [3.05, 3.63) is 0 Å². The molecule has 0 aromatic rings. The van der Waals surface area contributed by atoms with Gasteiger partial charge in [-0.05, 0) is 25.3 Å². The van der Waals surface area contributed by atoms with Crippen LogP contribution in [0.4, 0.5) is 0 Å². The Bertz CT molecular complexity index is 352. The number of carbonyl (C=O) groups is 2. The number of carbonyl (C=O) groups excluding carboxylic acids is 2. The van der Waals surface area contributed by atoms with Gasteiger partial charge in [-0.3, -0.25) is 9.59 Å². The zero-order chi connectivity index (χ0) is 14.5. The van der Waals surface area contributed by atoms with Gasteiger partial charge in [-0.2, -0.15) is 0 Å². The Kier molecular flexibility index (Phi) is 5.72. The molecule has 0 unspecified atom stereocenters. The Morgan fingerprint density at radius 2 is 2.30 bits per heavy atom. The van der Waals surface area contributed by atoms with Gasteiger partial charge in [0.05, 0.1) is 11.9 Å². The molecule has 0 saturated carbocycles. The minimum absolute atomic E-state index is 0.0204. The summed E-state index contributed by atoms with van der Waals surface area (Å²) in [6.45, 7) is 5.79. The normalized spacial score (nSPS) is 25.5. The van der Waals surface area contributed by atoms with Crippen LogP contribution in [0, 0.1) is 5.92 Å². The predicted molar refractivity (Wildman–Crippen MR) is 81.4 cm³/mol. The molecule has 2 fully saturated rings. The first-order chi connectivity index (χ1) is 9.63. The molecule has 2 aliphatic heterocycles. The van der Waals surface area contributed by atoms with E-state index in [1.807, 2.05) is 11.8 Å². The van der Waals surface area contributed by atoms with E-state index in [9.17, 15) is 9.59 Å². The van der Waals surface area contributed by atoms with E-state index in [1.54, 1.807) is 11.8 Å². The van der Waals surface area contributed by atoms with Crippen LogP contribution in [0.2, 0.25) is 0 Å². The van der Waals surface area contributed by atoms with Crippen LogP contribution in [0.3, 0.4) is 0 Å². The molecule has 20 heavy (non-hydrogen) atoms. The summed E-state index contributed by atoms with van der Waals surface area (Å²) in [5.74, 6) is 1.97. The fourth-order valence-corrected chi connectivity index (χ4v) is 3.59. The highest BCUT2D eigenvalue weighted by atomic mass is 32.2. The second-order valence-corrected chi connectivity index (χ2v) is 6.73. The van der Waals surface area contributed by atoms with Crippen molar-refractivity contribution in [1.29, 1.82) is 0 Å². The third-order valence-electron chi connectivity index (χ3n) is 4.22. The van der Waals surface area contributed by atoms with Crippen LogP contribution in [0.15, 0.2) is 0 Å². The molecule has 2 saturated heterocycles. The van der Waals surface area contributed by atoms with Gasteiger partial charge in [0, 0.05) is 12.3 Å². The largest absolute Gasteiger partial charge is 0.343 e.